The number of ether oxygens (including phenoxy) is 2. The van der Waals surface area contributed by atoms with E-state index in [-0.39, 0.29) is 12.1 Å². The summed E-state index contributed by atoms with van der Waals surface area (Å²) in [7, 11) is 0. The lowest BCUT2D eigenvalue weighted by Gasteiger charge is -2.35. The van der Waals surface area contributed by atoms with Crippen LogP contribution >= 0.6 is 0 Å². The Morgan fingerprint density at radius 1 is 1.20 bits per heavy atom. The van der Waals surface area contributed by atoms with Gasteiger partial charge in [-0.15, -0.1) is 0 Å². The highest BCUT2D eigenvalue weighted by Gasteiger charge is 2.38. The minimum absolute atomic E-state index is 0.169. The Hall–Kier alpha value is -1.75. The summed E-state index contributed by atoms with van der Waals surface area (Å²) in [5, 5.41) is 0. The van der Waals surface area contributed by atoms with Crippen LogP contribution in [0, 0.1) is 0 Å². The fourth-order valence-corrected chi connectivity index (χ4v) is 3.38. The molecule has 0 N–H and O–H groups in total. The molecular formula is C15H18N2O3. The van der Waals surface area contributed by atoms with Crippen LogP contribution in [-0.4, -0.2) is 49.9 Å². The molecule has 106 valence electrons. The molecule has 3 heterocycles. The fraction of sp³-hybridized carbons (Fsp3) is 0.533. The fourth-order valence-electron chi connectivity index (χ4n) is 3.38. The molecule has 5 nitrogen and oxygen atoms in total. The number of nitrogens with zero attached hydrogens (tertiary/aromatic N) is 2. The third-order valence-electron chi connectivity index (χ3n) is 4.45. The first kappa shape index (κ1) is 12.0. The van der Waals surface area contributed by atoms with E-state index in [1.54, 1.807) is 0 Å². The molecule has 0 unspecified atom stereocenters. The van der Waals surface area contributed by atoms with E-state index in [1.807, 2.05) is 4.90 Å². The van der Waals surface area contributed by atoms with E-state index in [0.717, 1.165) is 32.7 Å². The lowest BCUT2D eigenvalue weighted by atomic mass is 9.93. The molecule has 4 rings (SSSR count). The van der Waals surface area contributed by atoms with Crippen molar-refractivity contribution in [1.82, 2.24) is 4.90 Å². The van der Waals surface area contributed by atoms with Gasteiger partial charge in [-0.05, 0) is 23.6 Å². The smallest absolute Gasteiger partial charge is 0.410 e. The summed E-state index contributed by atoms with van der Waals surface area (Å²) in [6.07, 6.45) is 0.728. The average molecular weight is 274 g/mol. The highest BCUT2D eigenvalue weighted by Crippen LogP contribution is 2.34. The first-order valence-corrected chi connectivity index (χ1v) is 7.20. The van der Waals surface area contributed by atoms with Crippen molar-refractivity contribution in [1.29, 1.82) is 0 Å². The van der Waals surface area contributed by atoms with Gasteiger partial charge >= 0.3 is 6.09 Å². The lowest BCUT2D eigenvalue weighted by Crippen LogP contribution is -2.41. The molecule has 3 aliphatic rings. The number of benzene rings is 1. The zero-order valence-electron chi connectivity index (χ0n) is 11.4. The van der Waals surface area contributed by atoms with Crippen molar-refractivity contribution < 1.29 is 14.3 Å². The predicted octanol–water partition coefficient (Wildman–Crippen LogP) is 1.40. The number of carbonyl (C=O) groups is 1. The van der Waals surface area contributed by atoms with Gasteiger partial charge in [0.2, 0.25) is 0 Å². The Balaban J connectivity index is 1.68. The molecule has 0 saturated carbocycles. The Bertz CT molecular complexity index is 540. The van der Waals surface area contributed by atoms with Gasteiger partial charge in [-0.25, -0.2) is 4.79 Å². The topological polar surface area (TPSA) is 42.0 Å². The van der Waals surface area contributed by atoms with Crippen molar-refractivity contribution in [2.45, 2.75) is 19.0 Å². The Kier molecular flexibility index (Phi) is 2.80. The number of hydrogen-bond donors (Lipinski definition) is 0. The summed E-state index contributed by atoms with van der Waals surface area (Å²) in [6.45, 7) is 4.68. The quantitative estimate of drug-likeness (QED) is 0.776. The van der Waals surface area contributed by atoms with Gasteiger partial charge in [-0.1, -0.05) is 12.1 Å². The van der Waals surface area contributed by atoms with Crippen LogP contribution in [0.1, 0.15) is 11.1 Å². The van der Waals surface area contributed by atoms with Gasteiger partial charge in [0.05, 0.1) is 19.3 Å². The summed E-state index contributed by atoms with van der Waals surface area (Å²) in [4.78, 5) is 15.9. The monoisotopic (exact) mass is 274 g/mol. The van der Waals surface area contributed by atoms with Gasteiger partial charge in [0.1, 0.15) is 6.61 Å². The SMILES string of the molecule is O=C1OC[C@H]2Cc3c(cccc3N3CCOCC3)CN12. The van der Waals surface area contributed by atoms with Gasteiger partial charge in [-0.3, -0.25) is 4.90 Å². The number of anilines is 1. The Morgan fingerprint density at radius 3 is 2.90 bits per heavy atom. The molecule has 3 aliphatic heterocycles. The first-order chi connectivity index (χ1) is 9.83. The maximum atomic E-state index is 11.7. The summed E-state index contributed by atoms with van der Waals surface area (Å²) in [5.41, 5.74) is 3.95. The first-order valence-electron chi connectivity index (χ1n) is 7.20. The van der Waals surface area contributed by atoms with E-state index < -0.39 is 0 Å². The molecule has 5 heteroatoms. The van der Waals surface area contributed by atoms with Crippen molar-refractivity contribution in [3.05, 3.63) is 29.3 Å². The van der Waals surface area contributed by atoms with E-state index in [1.165, 1.54) is 16.8 Å². The van der Waals surface area contributed by atoms with Crippen LogP contribution in [0.4, 0.5) is 10.5 Å². The van der Waals surface area contributed by atoms with E-state index in [2.05, 4.69) is 23.1 Å². The number of morpholine rings is 1. The van der Waals surface area contributed by atoms with Crippen molar-refractivity contribution >= 4 is 11.8 Å². The second-order valence-corrected chi connectivity index (χ2v) is 5.58. The third-order valence-corrected chi connectivity index (χ3v) is 4.45. The van der Waals surface area contributed by atoms with Crippen LogP contribution in [0.5, 0.6) is 0 Å². The summed E-state index contributed by atoms with van der Waals surface area (Å²) >= 11 is 0. The third kappa shape index (κ3) is 1.85. The molecule has 1 aromatic rings. The molecule has 0 aromatic heterocycles. The maximum Gasteiger partial charge on any atom is 0.410 e. The van der Waals surface area contributed by atoms with Crippen LogP contribution < -0.4 is 4.90 Å². The second-order valence-electron chi connectivity index (χ2n) is 5.58. The molecule has 2 fully saturated rings. The molecular weight excluding hydrogens is 256 g/mol. The molecule has 0 bridgehead atoms. The van der Waals surface area contributed by atoms with Crippen LogP contribution in [0.2, 0.25) is 0 Å². The average Bonchev–Trinajstić information content (AvgIpc) is 2.86. The van der Waals surface area contributed by atoms with Crippen LogP contribution in [-0.2, 0) is 22.4 Å². The van der Waals surface area contributed by atoms with E-state index in [9.17, 15) is 4.79 Å². The van der Waals surface area contributed by atoms with Gasteiger partial charge in [0.25, 0.3) is 0 Å². The number of amides is 1. The molecule has 0 spiro atoms. The number of carbonyl (C=O) groups excluding carboxylic acids is 1. The van der Waals surface area contributed by atoms with Crippen molar-refractivity contribution in [3.8, 4) is 0 Å². The highest BCUT2D eigenvalue weighted by atomic mass is 16.6. The number of rotatable bonds is 1. The number of hydrogen-bond acceptors (Lipinski definition) is 4. The van der Waals surface area contributed by atoms with Gasteiger partial charge in [0.15, 0.2) is 0 Å². The largest absolute Gasteiger partial charge is 0.447 e. The molecule has 0 radical (unpaired) electrons. The van der Waals surface area contributed by atoms with Crippen LogP contribution in [0.25, 0.3) is 0 Å². The van der Waals surface area contributed by atoms with Crippen molar-refractivity contribution in [2.75, 3.05) is 37.8 Å². The van der Waals surface area contributed by atoms with E-state index in [0.29, 0.717) is 13.2 Å². The van der Waals surface area contributed by atoms with E-state index in [4.69, 9.17) is 9.47 Å². The molecule has 0 aliphatic carbocycles. The zero-order chi connectivity index (χ0) is 13.5. The van der Waals surface area contributed by atoms with Gasteiger partial charge < -0.3 is 14.4 Å². The summed E-state index contributed by atoms with van der Waals surface area (Å²) in [6, 6.07) is 6.61. The van der Waals surface area contributed by atoms with Crippen molar-refractivity contribution in [3.63, 3.8) is 0 Å². The molecule has 2 saturated heterocycles. The van der Waals surface area contributed by atoms with Crippen molar-refractivity contribution in [2.24, 2.45) is 0 Å². The summed E-state index contributed by atoms with van der Waals surface area (Å²) < 4.78 is 10.6. The molecule has 1 atom stereocenters. The number of fused-ring (bicyclic) bond motifs is 2. The Morgan fingerprint density at radius 2 is 2.05 bits per heavy atom. The van der Waals surface area contributed by atoms with Crippen LogP contribution in [0.15, 0.2) is 18.2 Å². The molecule has 20 heavy (non-hydrogen) atoms. The highest BCUT2D eigenvalue weighted by molar-refractivity contribution is 5.72. The zero-order valence-corrected chi connectivity index (χ0v) is 11.4. The Labute approximate surface area is 118 Å². The second kappa shape index (κ2) is 4.66. The molecule has 1 aromatic carbocycles. The number of cyclic esters (lactones) is 1. The standard InChI is InChI=1S/C15H18N2O3/c18-15-17-9-11-2-1-3-14(16-4-6-19-7-5-16)13(11)8-12(17)10-20-15/h1-3,12H,4-10H2/t12-/m1/s1. The normalized spacial score (nSPS) is 25.2. The van der Waals surface area contributed by atoms with E-state index >= 15 is 0 Å². The predicted molar refractivity (Wildman–Crippen MR) is 73.9 cm³/mol. The van der Waals surface area contributed by atoms with Gasteiger partial charge in [-0.2, -0.15) is 0 Å². The minimum atomic E-state index is -0.169. The van der Waals surface area contributed by atoms with Crippen LogP contribution in [0.3, 0.4) is 0 Å². The summed E-state index contributed by atoms with van der Waals surface area (Å²) in [5.74, 6) is 0. The lowest BCUT2D eigenvalue weighted by molar-refractivity contribution is 0.122. The maximum absolute atomic E-state index is 11.7. The minimum Gasteiger partial charge on any atom is -0.447 e. The van der Waals surface area contributed by atoms with Gasteiger partial charge in [0, 0.05) is 25.3 Å². The molecule has 1 amide bonds.